The quantitative estimate of drug-likeness (QED) is 0.677. The minimum Gasteiger partial charge on any atom is -0.352 e. The number of halogens is 1. The minimum absolute atomic E-state index is 0. The molecule has 0 fully saturated rings. The second-order valence-corrected chi connectivity index (χ2v) is 3.67. The molecule has 0 aromatic rings. The van der Waals surface area contributed by atoms with E-state index in [2.05, 4.69) is 11.9 Å². The van der Waals surface area contributed by atoms with Crippen LogP contribution in [0.25, 0.3) is 0 Å². The maximum Gasteiger partial charge on any atom is 0.243 e. The highest BCUT2D eigenvalue weighted by atomic mass is 35.5. The summed E-state index contributed by atoms with van der Waals surface area (Å²) < 4.78 is 0. The normalized spacial score (nSPS) is 12.6. The van der Waals surface area contributed by atoms with E-state index < -0.39 is 0 Å². The van der Waals surface area contributed by atoms with Crippen molar-refractivity contribution in [2.45, 2.75) is 26.3 Å². The summed E-state index contributed by atoms with van der Waals surface area (Å²) in [6, 6.07) is 0. The predicted molar refractivity (Wildman–Crippen MR) is 57.9 cm³/mol. The van der Waals surface area contributed by atoms with Crippen LogP contribution in [0.1, 0.15) is 20.8 Å². The highest BCUT2D eigenvalue weighted by Gasteiger charge is 2.20. The van der Waals surface area contributed by atoms with Crippen molar-refractivity contribution in [3.05, 3.63) is 12.7 Å². The van der Waals surface area contributed by atoms with Crippen molar-refractivity contribution in [2.24, 2.45) is 11.7 Å². The molecule has 0 saturated carbocycles. The molecule has 0 aliphatic heterocycles. The molecule has 0 bridgehead atoms. The van der Waals surface area contributed by atoms with Gasteiger partial charge >= 0.3 is 0 Å². The van der Waals surface area contributed by atoms with Crippen molar-refractivity contribution < 1.29 is 4.79 Å². The van der Waals surface area contributed by atoms with Crippen LogP contribution in [0.5, 0.6) is 0 Å². The Morgan fingerprint density at radius 2 is 2.15 bits per heavy atom. The van der Waals surface area contributed by atoms with Crippen molar-refractivity contribution >= 4 is 18.3 Å². The maximum atomic E-state index is 10.8. The Labute approximate surface area is 86.2 Å². The lowest BCUT2D eigenvalue weighted by Crippen LogP contribution is -2.44. The summed E-state index contributed by atoms with van der Waals surface area (Å²) in [4.78, 5) is 10.8. The van der Waals surface area contributed by atoms with E-state index >= 15 is 0 Å². The average molecular weight is 207 g/mol. The first kappa shape index (κ1) is 15.0. The topological polar surface area (TPSA) is 55.1 Å². The molecular formula is C9H19ClN2O. The Kier molecular flexibility index (Phi) is 6.90. The summed E-state index contributed by atoms with van der Waals surface area (Å²) in [7, 11) is 0. The predicted octanol–water partition coefficient (Wildman–Crippen LogP) is 1.08. The SMILES string of the molecule is C=CC(=O)NCC(C)C(C)(C)N.Cl. The van der Waals surface area contributed by atoms with Crippen molar-refractivity contribution in [3.63, 3.8) is 0 Å². The largest absolute Gasteiger partial charge is 0.352 e. The van der Waals surface area contributed by atoms with E-state index in [0.717, 1.165) is 0 Å². The van der Waals surface area contributed by atoms with E-state index in [1.807, 2.05) is 20.8 Å². The van der Waals surface area contributed by atoms with Gasteiger partial charge in [-0.2, -0.15) is 0 Å². The molecule has 0 aromatic carbocycles. The van der Waals surface area contributed by atoms with Crippen LogP contribution in [0.15, 0.2) is 12.7 Å². The van der Waals surface area contributed by atoms with Crippen LogP contribution < -0.4 is 11.1 Å². The molecule has 0 aliphatic rings. The summed E-state index contributed by atoms with van der Waals surface area (Å²) in [6.07, 6.45) is 1.26. The van der Waals surface area contributed by atoms with Gasteiger partial charge in [-0.15, -0.1) is 12.4 Å². The monoisotopic (exact) mass is 206 g/mol. The molecule has 1 atom stereocenters. The standard InChI is InChI=1S/C9H18N2O.ClH/c1-5-8(12)11-6-7(2)9(3,4)10;/h5,7H,1,6,10H2,2-4H3,(H,11,12);1H. The Morgan fingerprint density at radius 3 is 2.46 bits per heavy atom. The van der Waals surface area contributed by atoms with E-state index in [4.69, 9.17) is 5.73 Å². The molecule has 1 unspecified atom stereocenters. The summed E-state index contributed by atoms with van der Waals surface area (Å²) in [5.74, 6) is 0.104. The number of hydrogen-bond acceptors (Lipinski definition) is 2. The van der Waals surface area contributed by atoms with Gasteiger partial charge < -0.3 is 11.1 Å². The van der Waals surface area contributed by atoms with E-state index in [1.54, 1.807) is 0 Å². The molecule has 3 N–H and O–H groups in total. The average Bonchev–Trinajstić information content (AvgIpc) is 1.97. The third kappa shape index (κ3) is 6.61. The summed E-state index contributed by atoms with van der Waals surface area (Å²) >= 11 is 0. The number of hydrogen-bond donors (Lipinski definition) is 2. The highest BCUT2D eigenvalue weighted by Crippen LogP contribution is 2.10. The first-order valence-corrected chi connectivity index (χ1v) is 4.07. The molecule has 0 aromatic heterocycles. The maximum absolute atomic E-state index is 10.8. The van der Waals surface area contributed by atoms with Crippen LogP contribution in [0.2, 0.25) is 0 Å². The van der Waals surface area contributed by atoms with E-state index in [-0.39, 0.29) is 29.8 Å². The van der Waals surface area contributed by atoms with Gasteiger partial charge in [0.05, 0.1) is 0 Å². The third-order valence-corrected chi connectivity index (χ3v) is 2.04. The Morgan fingerprint density at radius 1 is 1.69 bits per heavy atom. The number of carbonyl (C=O) groups is 1. The molecule has 1 amide bonds. The number of nitrogens with one attached hydrogen (secondary N) is 1. The van der Waals surface area contributed by atoms with Crippen LogP contribution in [-0.4, -0.2) is 18.0 Å². The highest BCUT2D eigenvalue weighted by molar-refractivity contribution is 5.86. The first-order valence-electron chi connectivity index (χ1n) is 4.07. The molecule has 0 heterocycles. The molecular weight excluding hydrogens is 188 g/mol. The fourth-order valence-corrected chi connectivity index (χ4v) is 0.589. The molecule has 13 heavy (non-hydrogen) atoms. The van der Waals surface area contributed by atoms with Crippen LogP contribution in [-0.2, 0) is 4.79 Å². The molecule has 4 heteroatoms. The van der Waals surface area contributed by atoms with E-state index in [0.29, 0.717) is 6.54 Å². The Balaban J connectivity index is 0. The van der Waals surface area contributed by atoms with E-state index in [9.17, 15) is 4.79 Å². The van der Waals surface area contributed by atoms with Gasteiger partial charge in [-0.1, -0.05) is 13.5 Å². The smallest absolute Gasteiger partial charge is 0.243 e. The fourth-order valence-electron chi connectivity index (χ4n) is 0.589. The van der Waals surface area contributed by atoms with Crippen LogP contribution in [0.3, 0.4) is 0 Å². The van der Waals surface area contributed by atoms with Crippen LogP contribution >= 0.6 is 12.4 Å². The molecule has 0 aliphatic carbocycles. The van der Waals surface area contributed by atoms with E-state index in [1.165, 1.54) is 6.08 Å². The molecule has 3 nitrogen and oxygen atoms in total. The van der Waals surface area contributed by atoms with Crippen molar-refractivity contribution in [1.29, 1.82) is 0 Å². The van der Waals surface area contributed by atoms with Crippen molar-refractivity contribution in [1.82, 2.24) is 5.32 Å². The lowest BCUT2D eigenvalue weighted by atomic mass is 9.90. The second kappa shape index (κ2) is 6.00. The van der Waals surface area contributed by atoms with Crippen LogP contribution in [0, 0.1) is 5.92 Å². The number of nitrogens with two attached hydrogens (primary N) is 1. The number of rotatable bonds is 4. The van der Waals surface area contributed by atoms with Gasteiger partial charge in [0.2, 0.25) is 5.91 Å². The minimum atomic E-state index is -0.256. The van der Waals surface area contributed by atoms with Gasteiger partial charge in [0.15, 0.2) is 0 Å². The first-order chi connectivity index (χ1) is 5.38. The van der Waals surface area contributed by atoms with Gasteiger partial charge in [-0.05, 0) is 25.8 Å². The molecule has 0 spiro atoms. The van der Waals surface area contributed by atoms with Crippen LogP contribution in [0.4, 0.5) is 0 Å². The fraction of sp³-hybridized carbons (Fsp3) is 0.667. The Hall–Kier alpha value is -0.540. The lowest BCUT2D eigenvalue weighted by Gasteiger charge is -2.26. The molecule has 0 rings (SSSR count). The summed E-state index contributed by atoms with van der Waals surface area (Å²) in [5, 5.41) is 2.70. The van der Waals surface area contributed by atoms with Gasteiger partial charge in [-0.25, -0.2) is 0 Å². The lowest BCUT2D eigenvalue weighted by molar-refractivity contribution is -0.116. The van der Waals surface area contributed by atoms with Gasteiger partial charge in [-0.3, -0.25) is 4.79 Å². The van der Waals surface area contributed by atoms with Gasteiger partial charge in [0.25, 0.3) is 0 Å². The van der Waals surface area contributed by atoms with Gasteiger partial charge in [0.1, 0.15) is 0 Å². The van der Waals surface area contributed by atoms with Crippen molar-refractivity contribution in [3.8, 4) is 0 Å². The molecule has 0 radical (unpaired) electrons. The zero-order valence-corrected chi connectivity index (χ0v) is 9.28. The second-order valence-electron chi connectivity index (χ2n) is 3.67. The number of amides is 1. The molecule has 78 valence electrons. The Bertz CT molecular complexity index is 175. The summed E-state index contributed by atoms with van der Waals surface area (Å²) in [5.41, 5.74) is 5.57. The zero-order chi connectivity index (χ0) is 9.78. The van der Waals surface area contributed by atoms with Crippen molar-refractivity contribution in [2.75, 3.05) is 6.54 Å². The summed E-state index contributed by atoms with van der Waals surface area (Å²) in [6.45, 7) is 9.84. The zero-order valence-electron chi connectivity index (χ0n) is 8.46. The molecule has 0 saturated heterocycles. The number of carbonyl (C=O) groups excluding carboxylic acids is 1. The van der Waals surface area contributed by atoms with Gasteiger partial charge in [0, 0.05) is 12.1 Å². The third-order valence-electron chi connectivity index (χ3n) is 2.04.